The second-order valence-electron chi connectivity index (χ2n) is 7.23. The van der Waals surface area contributed by atoms with Crippen molar-refractivity contribution in [3.05, 3.63) is 71.0 Å². The van der Waals surface area contributed by atoms with Gasteiger partial charge in [-0.25, -0.2) is 17.8 Å². The molecule has 0 spiro atoms. The van der Waals surface area contributed by atoms with E-state index in [1.165, 1.54) is 34.8 Å². The number of thiazole rings is 1. The number of rotatable bonds is 5. The van der Waals surface area contributed by atoms with Crippen molar-refractivity contribution in [2.45, 2.75) is 6.92 Å². The van der Waals surface area contributed by atoms with Crippen LogP contribution in [0.3, 0.4) is 0 Å². The third-order valence-electron chi connectivity index (χ3n) is 4.96. The molecule has 0 radical (unpaired) electrons. The van der Waals surface area contributed by atoms with Crippen molar-refractivity contribution in [3.63, 3.8) is 0 Å². The fourth-order valence-corrected chi connectivity index (χ4v) is 4.35. The molecule has 0 aliphatic heterocycles. The van der Waals surface area contributed by atoms with E-state index in [4.69, 9.17) is 0 Å². The summed E-state index contributed by atoms with van der Waals surface area (Å²) < 4.78 is 38.0. The van der Waals surface area contributed by atoms with Crippen LogP contribution in [-0.2, 0) is 10.0 Å². The fourth-order valence-electron chi connectivity index (χ4n) is 3.13. The molecule has 2 aromatic heterocycles. The molecule has 2 aromatic carbocycles. The molecule has 4 rings (SSSR count). The number of pyridine rings is 1. The van der Waals surface area contributed by atoms with E-state index in [-0.39, 0.29) is 11.7 Å². The first-order chi connectivity index (χ1) is 15.1. The topological polar surface area (TPSA) is 92.3 Å². The summed E-state index contributed by atoms with van der Waals surface area (Å²) in [4.78, 5) is 21.6. The minimum absolute atomic E-state index is 0.354. The molecular formula is C22H19FN4O3S2. The largest absolute Gasteiger partial charge is 0.298 e. The highest BCUT2D eigenvalue weighted by molar-refractivity contribution is 7.92. The first-order valence-electron chi connectivity index (χ1n) is 9.50. The Balaban J connectivity index is 1.53. The summed E-state index contributed by atoms with van der Waals surface area (Å²) in [5.41, 5.74) is 3.34. The molecule has 0 bridgehead atoms. The van der Waals surface area contributed by atoms with Gasteiger partial charge in [0, 0.05) is 29.4 Å². The normalized spacial score (nSPS) is 11.5. The molecule has 0 fully saturated rings. The van der Waals surface area contributed by atoms with Crippen molar-refractivity contribution < 1.29 is 17.6 Å². The van der Waals surface area contributed by atoms with E-state index in [0.717, 1.165) is 11.8 Å². The van der Waals surface area contributed by atoms with Gasteiger partial charge in [0.1, 0.15) is 5.82 Å². The Morgan fingerprint density at radius 1 is 1.09 bits per heavy atom. The van der Waals surface area contributed by atoms with Crippen LogP contribution in [0.4, 0.5) is 15.2 Å². The van der Waals surface area contributed by atoms with Gasteiger partial charge >= 0.3 is 0 Å². The Morgan fingerprint density at radius 3 is 2.50 bits per heavy atom. The van der Waals surface area contributed by atoms with Crippen LogP contribution in [0, 0.1) is 12.7 Å². The van der Waals surface area contributed by atoms with Crippen LogP contribution in [0.1, 0.15) is 16.1 Å². The lowest BCUT2D eigenvalue weighted by Gasteiger charge is -2.16. The molecule has 164 valence electrons. The van der Waals surface area contributed by atoms with E-state index in [0.29, 0.717) is 38.7 Å². The summed E-state index contributed by atoms with van der Waals surface area (Å²) in [5, 5.41) is 5.67. The monoisotopic (exact) mass is 470 g/mol. The van der Waals surface area contributed by atoms with Crippen molar-refractivity contribution in [1.29, 1.82) is 0 Å². The number of benzene rings is 2. The molecule has 1 N–H and O–H groups in total. The van der Waals surface area contributed by atoms with Gasteiger partial charge in [-0.3, -0.25) is 19.4 Å². The maximum atomic E-state index is 13.4. The number of carbonyl (C=O) groups excluding carboxylic acids is 1. The van der Waals surface area contributed by atoms with Gasteiger partial charge in [-0.05, 0) is 37.3 Å². The predicted molar refractivity (Wildman–Crippen MR) is 125 cm³/mol. The first-order valence-corrected chi connectivity index (χ1v) is 12.2. The Kier molecular flexibility index (Phi) is 5.66. The van der Waals surface area contributed by atoms with Crippen LogP contribution in [0.15, 0.2) is 53.9 Å². The number of nitrogens with zero attached hydrogens (tertiary/aromatic N) is 3. The fraction of sp³-hybridized carbons (Fsp3) is 0.136. The third-order valence-corrected chi connectivity index (χ3v) is 6.93. The van der Waals surface area contributed by atoms with E-state index in [1.54, 1.807) is 48.7 Å². The molecule has 2 heterocycles. The van der Waals surface area contributed by atoms with Crippen LogP contribution in [0.2, 0.25) is 0 Å². The van der Waals surface area contributed by atoms with Crippen molar-refractivity contribution in [2.75, 3.05) is 22.9 Å². The van der Waals surface area contributed by atoms with Crippen LogP contribution in [0.25, 0.3) is 22.2 Å². The number of hydrogen-bond acceptors (Lipinski definition) is 6. The summed E-state index contributed by atoms with van der Waals surface area (Å²) in [6.45, 7) is 1.70. The van der Waals surface area contributed by atoms with Gasteiger partial charge in [0.05, 0.1) is 34.4 Å². The van der Waals surface area contributed by atoms with Crippen molar-refractivity contribution in [3.8, 4) is 11.3 Å². The van der Waals surface area contributed by atoms with Crippen molar-refractivity contribution in [1.82, 2.24) is 9.97 Å². The maximum Gasteiger partial charge on any atom is 0.259 e. The van der Waals surface area contributed by atoms with Crippen LogP contribution in [-0.4, -0.2) is 37.6 Å². The molecule has 1 amide bonds. The number of aromatic nitrogens is 2. The minimum Gasteiger partial charge on any atom is -0.298 e. The number of nitrogens with one attached hydrogen (secondary N) is 1. The van der Waals surface area contributed by atoms with Gasteiger partial charge in [0.2, 0.25) is 10.0 Å². The Hall–Kier alpha value is -3.37. The van der Waals surface area contributed by atoms with E-state index in [1.807, 2.05) is 0 Å². The number of fused-ring (bicyclic) bond motifs is 1. The molecule has 7 nitrogen and oxygen atoms in total. The number of hydrogen-bond donors (Lipinski definition) is 1. The highest BCUT2D eigenvalue weighted by Crippen LogP contribution is 2.28. The van der Waals surface area contributed by atoms with E-state index in [2.05, 4.69) is 15.3 Å². The summed E-state index contributed by atoms with van der Waals surface area (Å²) in [6.07, 6.45) is 1.14. The van der Waals surface area contributed by atoms with Crippen molar-refractivity contribution >= 4 is 49.0 Å². The zero-order chi connectivity index (χ0) is 23.0. The number of anilines is 2. The molecule has 0 saturated heterocycles. The lowest BCUT2D eigenvalue weighted by Crippen LogP contribution is -2.24. The molecular weight excluding hydrogens is 451 g/mol. The van der Waals surface area contributed by atoms with Gasteiger partial charge in [-0.15, -0.1) is 11.3 Å². The van der Waals surface area contributed by atoms with Gasteiger partial charge in [-0.2, -0.15) is 0 Å². The van der Waals surface area contributed by atoms with Gasteiger partial charge < -0.3 is 0 Å². The second-order valence-corrected chi connectivity index (χ2v) is 10.1. The summed E-state index contributed by atoms with van der Waals surface area (Å²) in [7, 11) is -1.85. The Labute approximate surface area is 188 Å². The summed E-state index contributed by atoms with van der Waals surface area (Å²) in [6, 6.07) is 12.9. The lowest BCUT2D eigenvalue weighted by molar-refractivity contribution is 0.102. The summed E-state index contributed by atoms with van der Waals surface area (Å²) in [5.74, 6) is -0.736. The van der Waals surface area contributed by atoms with E-state index < -0.39 is 10.0 Å². The molecule has 0 unspecified atom stereocenters. The number of aryl methyl sites for hydroxylation is 1. The third kappa shape index (κ3) is 4.46. The van der Waals surface area contributed by atoms with Gasteiger partial charge in [0.25, 0.3) is 5.91 Å². The molecule has 0 atom stereocenters. The zero-order valence-electron chi connectivity index (χ0n) is 17.5. The average molecular weight is 471 g/mol. The second kappa shape index (κ2) is 8.29. The molecule has 0 aliphatic rings. The quantitative estimate of drug-likeness (QED) is 0.465. The molecule has 32 heavy (non-hydrogen) atoms. The van der Waals surface area contributed by atoms with Crippen molar-refractivity contribution in [2.24, 2.45) is 0 Å². The standard InChI is InChI=1S/C22H19FN4O3S2/c1-13-18(10-15-4-7-16(23)11-19(15)24-13)21(28)26-22-25-20(12-31-22)14-5-8-17(9-6-14)27(2)32(3,29)30/h4-12H,1-3H3,(H,25,26,28). The highest BCUT2D eigenvalue weighted by Gasteiger charge is 2.15. The smallest absolute Gasteiger partial charge is 0.259 e. The van der Waals surface area contributed by atoms with Gasteiger partial charge in [-0.1, -0.05) is 12.1 Å². The molecule has 4 aromatic rings. The molecule has 0 aliphatic carbocycles. The molecule has 10 heteroatoms. The average Bonchev–Trinajstić information content (AvgIpc) is 3.20. The number of halogens is 1. The predicted octanol–water partition coefficient (Wildman–Crippen LogP) is 4.45. The SMILES string of the molecule is Cc1nc2cc(F)ccc2cc1C(=O)Nc1nc(-c2ccc(N(C)S(C)(=O)=O)cc2)cs1. The van der Waals surface area contributed by atoms with Gasteiger partial charge in [0.15, 0.2) is 5.13 Å². The summed E-state index contributed by atoms with van der Waals surface area (Å²) >= 11 is 1.27. The van der Waals surface area contributed by atoms with Crippen LogP contribution < -0.4 is 9.62 Å². The first kappa shape index (κ1) is 21.8. The van der Waals surface area contributed by atoms with Crippen LogP contribution >= 0.6 is 11.3 Å². The number of sulfonamides is 1. The van der Waals surface area contributed by atoms with Crippen LogP contribution in [0.5, 0.6) is 0 Å². The van der Waals surface area contributed by atoms with E-state index in [9.17, 15) is 17.6 Å². The lowest BCUT2D eigenvalue weighted by atomic mass is 10.1. The minimum atomic E-state index is -3.34. The number of carbonyl (C=O) groups is 1. The number of amides is 1. The van der Waals surface area contributed by atoms with E-state index >= 15 is 0 Å². The zero-order valence-corrected chi connectivity index (χ0v) is 19.1. The Morgan fingerprint density at radius 2 is 1.81 bits per heavy atom. The highest BCUT2D eigenvalue weighted by atomic mass is 32.2. The molecule has 0 saturated carbocycles. The Bertz CT molecular complexity index is 1430. The maximum absolute atomic E-state index is 13.4.